The second-order valence-corrected chi connectivity index (χ2v) is 8.09. The number of aromatic nitrogens is 2. The van der Waals surface area contributed by atoms with Crippen molar-refractivity contribution in [1.82, 2.24) is 15.1 Å². The maximum Gasteiger partial charge on any atom is 0.262 e. The van der Waals surface area contributed by atoms with Crippen LogP contribution in [0.25, 0.3) is 16.9 Å². The SMILES string of the molecule is CNC(=O)[C@H]1CN(C(=O)c2cn(-c3ccccc3)nc2-c2ccccc2C)c2ccccc2O1. The van der Waals surface area contributed by atoms with Crippen LogP contribution in [-0.2, 0) is 4.79 Å². The molecule has 1 N–H and O–H groups in total. The van der Waals surface area contributed by atoms with Gasteiger partial charge in [-0.05, 0) is 36.8 Å². The number of fused-ring (bicyclic) bond motifs is 1. The Kier molecular flexibility index (Phi) is 5.59. The molecule has 7 nitrogen and oxygen atoms in total. The number of rotatable bonds is 4. The standard InChI is InChI=1S/C27H24N4O3/c1-18-10-6-7-13-20(18)25-21(16-31(29-25)19-11-4-3-5-12-19)27(33)30-17-24(26(32)28-2)34-23-15-9-8-14-22(23)30/h3-16,24H,17H2,1-2H3,(H,28,32)/t24-/m1/s1. The minimum Gasteiger partial charge on any atom is -0.477 e. The molecule has 2 amide bonds. The second kappa shape index (κ2) is 8.86. The third kappa shape index (κ3) is 3.81. The fourth-order valence-electron chi connectivity index (χ4n) is 4.15. The number of hydrogen-bond acceptors (Lipinski definition) is 4. The van der Waals surface area contributed by atoms with Crippen LogP contribution in [0.15, 0.2) is 85.1 Å². The Morgan fingerprint density at radius 3 is 2.44 bits per heavy atom. The quantitative estimate of drug-likeness (QED) is 0.508. The number of carbonyl (C=O) groups is 2. The molecule has 1 atom stereocenters. The Morgan fingerprint density at radius 1 is 0.971 bits per heavy atom. The fourth-order valence-corrected chi connectivity index (χ4v) is 4.15. The molecule has 1 aliphatic heterocycles. The van der Waals surface area contributed by atoms with Gasteiger partial charge in [0.25, 0.3) is 11.8 Å². The Hall–Kier alpha value is -4.39. The normalized spacial score (nSPS) is 14.8. The van der Waals surface area contributed by atoms with Crippen LogP contribution in [0.3, 0.4) is 0 Å². The van der Waals surface area contributed by atoms with Gasteiger partial charge in [0.1, 0.15) is 11.4 Å². The summed E-state index contributed by atoms with van der Waals surface area (Å²) < 4.78 is 7.60. The second-order valence-electron chi connectivity index (χ2n) is 8.09. The number of nitrogens with zero attached hydrogens (tertiary/aromatic N) is 3. The third-order valence-electron chi connectivity index (χ3n) is 5.92. The summed E-state index contributed by atoms with van der Waals surface area (Å²) in [5.74, 6) is -0.0416. The molecule has 4 aromatic rings. The van der Waals surface area contributed by atoms with Crippen molar-refractivity contribution >= 4 is 17.5 Å². The zero-order valence-corrected chi connectivity index (χ0v) is 18.9. The Bertz CT molecular complexity index is 1360. The van der Waals surface area contributed by atoms with Crippen molar-refractivity contribution in [3.8, 4) is 22.7 Å². The molecule has 0 saturated carbocycles. The van der Waals surface area contributed by atoms with Gasteiger partial charge in [-0.2, -0.15) is 5.10 Å². The lowest BCUT2D eigenvalue weighted by atomic mass is 10.0. The number of carbonyl (C=O) groups excluding carboxylic acids is 2. The van der Waals surface area contributed by atoms with Crippen LogP contribution in [0.5, 0.6) is 5.75 Å². The van der Waals surface area contributed by atoms with Crippen molar-refractivity contribution in [3.05, 3.63) is 96.2 Å². The summed E-state index contributed by atoms with van der Waals surface area (Å²) in [6, 6.07) is 24.8. The smallest absolute Gasteiger partial charge is 0.262 e. The van der Waals surface area contributed by atoms with Crippen LogP contribution in [0.2, 0.25) is 0 Å². The van der Waals surface area contributed by atoms with Gasteiger partial charge in [0, 0.05) is 18.8 Å². The lowest BCUT2D eigenvalue weighted by Crippen LogP contribution is -2.50. The highest BCUT2D eigenvalue weighted by Crippen LogP contribution is 2.36. The molecular weight excluding hydrogens is 428 g/mol. The van der Waals surface area contributed by atoms with Gasteiger partial charge in [-0.15, -0.1) is 0 Å². The number of hydrogen-bond donors (Lipinski definition) is 1. The van der Waals surface area contributed by atoms with Gasteiger partial charge in [-0.25, -0.2) is 4.68 Å². The van der Waals surface area contributed by atoms with Gasteiger partial charge in [-0.3, -0.25) is 9.59 Å². The van der Waals surface area contributed by atoms with E-state index >= 15 is 0 Å². The van der Waals surface area contributed by atoms with E-state index in [1.165, 1.54) is 0 Å². The summed E-state index contributed by atoms with van der Waals surface area (Å²) in [6.45, 7) is 2.09. The first-order chi connectivity index (χ1) is 16.6. The molecule has 170 valence electrons. The van der Waals surface area contributed by atoms with E-state index in [1.54, 1.807) is 28.9 Å². The summed E-state index contributed by atoms with van der Waals surface area (Å²) in [7, 11) is 1.55. The van der Waals surface area contributed by atoms with E-state index < -0.39 is 6.10 Å². The minimum atomic E-state index is -0.810. The number of ether oxygens (including phenoxy) is 1. The van der Waals surface area contributed by atoms with Crippen LogP contribution in [0.4, 0.5) is 5.69 Å². The molecule has 0 saturated heterocycles. The summed E-state index contributed by atoms with van der Waals surface area (Å²) in [4.78, 5) is 28.1. The van der Waals surface area contributed by atoms with E-state index in [4.69, 9.17) is 9.84 Å². The molecule has 7 heteroatoms. The van der Waals surface area contributed by atoms with Crippen molar-refractivity contribution in [2.24, 2.45) is 0 Å². The molecule has 0 fully saturated rings. The van der Waals surface area contributed by atoms with Gasteiger partial charge in [-0.1, -0.05) is 54.6 Å². The molecule has 1 aliphatic rings. The molecule has 0 aliphatic carbocycles. The van der Waals surface area contributed by atoms with E-state index in [0.29, 0.717) is 22.7 Å². The van der Waals surface area contributed by atoms with Crippen molar-refractivity contribution in [3.63, 3.8) is 0 Å². The largest absolute Gasteiger partial charge is 0.477 e. The number of amides is 2. The van der Waals surface area contributed by atoms with Crippen molar-refractivity contribution < 1.29 is 14.3 Å². The van der Waals surface area contributed by atoms with Gasteiger partial charge in [0.05, 0.1) is 23.5 Å². The first-order valence-electron chi connectivity index (χ1n) is 11.1. The van der Waals surface area contributed by atoms with Gasteiger partial charge in [0.2, 0.25) is 0 Å². The maximum atomic E-state index is 14.1. The molecule has 3 aromatic carbocycles. The fraction of sp³-hybridized carbons (Fsp3) is 0.148. The number of anilines is 1. The highest BCUT2D eigenvalue weighted by atomic mass is 16.5. The Balaban J connectivity index is 1.64. The zero-order valence-electron chi connectivity index (χ0n) is 18.9. The topological polar surface area (TPSA) is 76.5 Å². The van der Waals surface area contributed by atoms with E-state index in [0.717, 1.165) is 16.8 Å². The average molecular weight is 453 g/mol. The van der Waals surface area contributed by atoms with Crippen LogP contribution in [-0.4, -0.2) is 41.3 Å². The van der Waals surface area contributed by atoms with Crippen LogP contribution < -0.4 is 15.0 Å². The molecule has 1 aromatic heterocycles. The monoisotopic (exact) mass is 452 g/mol. The predicted octanol–water partition coefficient (Wildman–Crippen LogP) is 4.00. The number of benzene rings is 3. The maximum absolute atomic E-state index is 14.1. The third-order valence-corrected chi connectivity index (χ3v) is 5.92. The highest BCUT2D eigenvalue weighted by molar-refractivity contribution is 6.11. The van der Waals surface area contributed by atoms with Crippen LogP contribution in [0, 0.1) is 6.92 Å². The Morgan fingerprint density at radius 2 is 1.68 bits per heavy atom. The highest BCUT2D eigenvalue weighted by Gasteiger charge is 2.35. The first-order valence-corrected chi connectivity index (χ1v) is 11.1. The molecule has 5 rings (SSSR count). The van der Waals surface area contributed by atoms with E-state index in [9.17, 15) is 9.59 Å². The van der Waals surface area contributed by atoms with Gasteiger partial charge in [0.15, 0.2) is 6.10 Å². The lowest BCUT2D eigenvalue weighted by Gasteiger charge is -2.34. The molecular formula is C27H24N4O3. The molecule has 0 unspecified atom stereocenters. The summed E-state index contributed by atoms with van der Waals surface area (Å²) in [5, 5.41) is 7.43. The molecule has 2 heterocycles. The zero-order chi connectivity index (χ0) is 23.7. The number of nitrogens with one attached hydrogen (secondary N) is 1. The minimum absolute atomic E-state index is 0.0965. The number of aryl methyl sites for hydroxylation is 1. The van der Waals surface area contributed by atoms with Gasteiger partial charge < -0.3 is 15.0 Å². The molecule has 0 bridgehead atoms. The predicted molar refractivity (Wildman–Crippen MR) is 130 cm³/mol. The van der Waals surface area contributed by atoms with E-state index in [2.05, 4.69) is 5.32 Å². The Labute approximate surface area is 197 Å². The summed E-state index contributed by atoms with van der Waals surface area (Å²) in [6.07, 6.45) is 0.946. The van der Waals surface area contributed by atoms with Crippen LogP contribution in [0.1, 0.15) is 15.9 Å². The van der Waals surface area contributed by atoms with E-state index in [-0.39, 0.29) is 18.4 Å². The number of para-hydroxylation sites is 3. The lowest BCUT2D eigenvalue weighted by molar-refractivity contribution is -0.127. The molecule has 0 spiro atoms. The average Bonchev–Trinajstić information content (AvgIpc) is 3.33. The van der Waals surface area contributed by atoms with Crippen LogP contribution >= 0.6 is 0 Å². The van der Waals surface area contributed by atoms with Gasteiger partial charge >= 0.3 is 0 Å². The summed E-state index contributed by atoms with van der Waals surface area (Å²) >= 11 is 0. The number of likely N-dealkylation sites (N-methyl/N-ethyl adjacent to an activating group) is 1. The summed E-state index contributed by atoms with van der Waals surface area (Å²) in [5.41, 5.74) is 4.40. The van der Waals surface area contributed by atoms with Crippen molar-refractivity contribution in [2.45, 2.75) is 13.0 Å². The molecule has 34 heavy (non-hydrogen) atoms. The van der Waals surface area contributed by atoms with E-state index in [1.807, 2.05) is 79.7 Å². The first kappa shape index (κ1) is 21.5. The molecule has 0 radical (unpaired) electrons. The van der Waals surface area contributed by atoms with Crippen molar-refractivity contribution in [1.29, 1.82) is 0 Å². The van der Waals surface area contributed by atoms with Crippen molar-refractivity contribution in [2.75, 3.05) is 18.5 Å².